The molecule has 0 bridgehead atoms. The minimum atomic E-state index is -0.339. The van der Waals surface area contributed by atoms with Gasteiger partial charge in [-0.05, 0) is 42.7 Å². The van der Waals surface area contributed by atoms with Gasteiger partial charge in [0.1, 0.15) is 0 Å². The molecule has 16 heavy (non-hydrogen) atoms. The van der Waals surface area contributed by atoms with E-state index in [0.29, 0.717) is 0 Å². The zero-order valence-electron chi connectivity index (χ0n) is 9.86. The van der Waals surface area contributed by atoms with Crippen LogP contribution in [0.3, 0.4) is 0 Å². The first-order valence-electron chi connectivity index (χ1n) is 6.08. The Morgan fingerprint density at radius 2 is 2.25 bits per heavy atom. The predicted octanol–water partition coefficient (Wildman–Crippen LogP) is 3.02. The van der Waals surface area contributed by atoms with Crippen LogP contribution in [0, 0.1) is 0 Å². The van der Waals surface area contributed by atoms with E-state index in [9.17, 15) is 5.11 Å². The number of benzene rings is 1. The molecule has 1 aliphatic rings. The first kappa shape index (κ1) is 11.6. The third kappa shape index (κ3) is 3.06. The predicted molar refractivity (Wildman–Crippen MR) is 64.5 cm³/mol. The highest BCUT2D eigenvalue weighted by Gasteiger charge is 2.23. The summed E-state index contributed by atoms with van der Waals surface area (Å²) in [6.07, 6.45) is 3.97. The lowest BCUT2D eigenvalue weighted by Crippen LogP contribution is -2.00. The second-order valence-corrected chi connectivity index (χ2v) is 4.60. The van der Waals surface area contributed by atoms with Gasteiger partial charge in [0.15, 0.2) is 0 Å². The highest BCUT2D eigenvalue weighted by Crippen LogP contribution is 2.40. The summed E-state index contributed by atoms with van der Waals surface area (Å²) in [5.41, 5.74) is 2.45. The first-order chi connectivity index (χ1) is 7.81. The molecule has 2 rings (SSSR count). The van der Waals surface area contributed by atoms with Crippen molar-refractivity contribution in [1.82, 2.24) is 0 Å². The third-order valence-corrected chi connectivity index (χ3v) is 3.17. The highest BCUT2D eigenvalue weighted by molar-refractivity contribution is 5.30. The summed E-state index contributed by atoms with van der Waals surface area (Å²) >= 11 is 0. The first-order valence-corrected chi connectivity index (χ1v) is 6.08. The van der Waals surface area contributed by atoms with Crippen molar-refractivity contribution in [2.75, 3.05) is 13.7 Å². The van der Waals surface area contributed by atoms with Gasteiger partial charge in [-0.25, -0.2) is 0 Å². The van der Waals surface area contributed by atoms with Gasteiger partial charge in [0.25, 0.3) is 0 Å². The van der Waals surface area contributed by atoms with Crippen molar-refractivity contribution >= 4 is 0 Å². The summed E-state index contributed by atoms with van der Waals surface area (Å²) in [6.45, 7) is 0.722. The molecule has 1 N–H and O–H groups in total. The van der Waals surface area contributed by atoms with Gasteiger partial charge in [-0.3, -0.25) is 0 Å². The largest absolute Gasteiger partial charge is 0.388 e. The standard InChI is InChI=1S/C14H20O2/c1-16-9-3-6-14(15)13-5-2-4-12(10-13)11-7-8-11/h2,4-5,10-11,14-15H,3,6-9H2,1H3. The Balaban J connectivity index is 1.93. The van der Waals surface area contributed by atoms with Gasteiger partial charge >= 0.3 is 0 Å². The molecule has 1 unspecified atom stereocenters. The Morgan fingerprint density at radius 3 is 2.94 bits per heavy atom. The molecule has 1 atom stereocenters. The molecule has 0 amide bonds. The SMILES string of the molecule is COCCCC(O)c1cccc(C2CC2)c1. The van der Waals surface area contributed by atoms with Crippen molar-refractivity contribution in [3.05, 3.63) is 35.4 Å². The monoisotopic (exact) mass is 220 g/mol. The summed E-state index contributed by atoms with van der Waals surface area (Å²) in [4.78, 5) is 0. The Bertz CT molecular complexity index is 331. The molecule has 0 saturated heterocycles. The third-order valence-electron chi connectivity index (χ3n) is 3.17. The molecular formula is C14H20O2. The Kier molecular flexibility index (Phi) is 3.97. The Labute approximate surface area is 97.3 Å². The van der Waals surface area contributed by atoms with Crippen molar-refractivity contribution in [3.63, 3.8) is 0 Å². The Morgan fingerprint density at radius 1 is 1.44 bits per heavy atom. The van der Waals surface area contributed by atoms with E-state index in [-0.39, 0.29) is 6.10 Å². The van der Waals surface area contributed by atoms with E-state index in [0.717, 1.165) is 30.9 Å². The Hall–Kier alpha value is -0.860. The smallest absolute Gasteiger partial charge is 0.0791 e. The molecule has 1 aromatic rings. The zero-order chi connectivity index (χ0) is 11.4. The molecule has 2 heteroatoms. The van der Waals surface area contributed by atoms with Crippen LogP contribution in [0.4, 0.5) is 0 Å². The minimum Gasteiger partial charge on any atom is -0.388 e. The van der Waals surface area contributed by atoms with Crippen molar-refractivity contribution in [2.45, 2.75) is 37.7 Å². The highest BCUT2D eigenvalue weighted by atomic mass is 16.5. The van der Waals surface area contributed by atoms with Crippen molar-refractivity contribution in [1.29, 1.82) is 0 Å². The van der Waals surface area contributed by atoms with Gasteiger partial charge in [-0.15, -0.1) is 0 Å². The minimum absolute atomic E-state index is 0.339. The maximum absolute atomic E-state index is 10.0. The van der Waals surface area contributed by atoms with E-state index >= 15 is 0 Å². The summed E-state index contributed by atoms with van der Waals surface area (Å²) < 4.78 is 4.99. The van der Waals surface area contributed by atoms with Gasteiger partial charge in [0.2, 0.25) is 0 Å². The fourth-order valence-corrected chi connectivity index (χ4v) is 2.02. The molecule has 2 nitrogen and oxygen atoms in total. The lowest BCUT2D eigenvalue weighted by molar-refractivity contribution is 0.136. The van der Waals surface area contributed by atoms with Crippen LogP contribution in [-0.4, -0.2) is 18.8 Å². The molecule has 0 spiro atoms. The van der Waals surface area contributed by atoms with Crippen LogP contribution in [0.25, 0.3) is 0 Å². The van der Waals surface area contributed by atoms with E-state index in [1.54, 1.807) is 7.11 Å². The zero-order valence-corrected chi connectivity index (χ0v) is 9.86. The van der Waals surface area contributed by atoms with Crippen LogP contribution in [0.2, 0.25) is 0 Å². The van der Waals surface area contributed by atoms with E-state index in [1.165, 1.54) is 18.4 Å². The molecule has 1 aliphatic carbocycles. The fourth-order valence-electron chi connectivity index (χ4n) is 2.02. The summed E-state index contributed by atoms with van der Waals surface area (Å²) in [5.74, 6) is 0.756. The molecule has 1 aromatic carbocycles. The maximum atomic E-state index is 10.0. The van der Waals surface area contributed by atoms with Crippen molar-refractivity contribution < 1.29 is 9.84 Å². The van der Waals surface area contributed by atoms with Crippen LogP contribution < -0.4 is 0 Å². The maximum Gasteiger partial charge on any atom is 0.0791 e. The lowest BCUT2D eigenvalue weighted by atomic mass is 10.0. The van der Waals surface area contributed by atoms with Crippen molar-refractivity contribution in [3.8, 4) is 0 Å². The number of ether oxygens (including phenoxy) is 1. The van der Waals surface area contributed by atoms with Gasteiger partial charge in [0.05, 0.1) is 6.10 Å². The molecule has 0 radical (unpaired) electrons. The molecule has 1 saturated carbocycles. The molecule has 88 valence electrons. The molecular weight excluding hydrogens is 200 g/mol. The number of aliphatic hydroxyl groups excluding tert-OH is 1. The molecule has 0 aliphatic heterocycles. The van der Waals surface area contributed by atoms with Crippen LogP contribution >= 0.6 is 0 Å². The number of methoxy groups -OCH3 is 1. The van der Waals surface area contributed by atoms with Crippen LogP contribution in [0.15, 0.2) is 24.3 Å². The van der Waals surface area contributed by atoms with E-state index < -0.39 is 0 Å². The molecule has 1 fully saturated rings. The van der Waals surface area contributed by atoms with Crippen LogP contribution in [0.5, 0.6) is 0 Å². The van der Waals surface area contributed by atoms with E-state index in [1.807, 2.05) is 6.07 Å². The quantitative estimate of drug-likeness (QED) is 0.747. The molecule has 0 aromatic heterocycles. The van der Waals surface area contributed by atoms with Gasteiger partial charge in [0, 0.05) is 13.7 Å². The van der Waals surface area contributed by atoms with Gasteiger partial charge in [-0.2, -0.15) is 0 Å². The summed E-state index contributed by atoms with van der Waals surface area (Å²) in [5, 5.41) is 10.0. The van der Waals surface area contributed by atoms with Crippen molar-refractivity contribution in [2.24, 2.45) is 0 Å². The van der Waals surface area contributed by atoms with Crippen LogP contribution in [0.1, 0.15) is 48.8 Å². The van der Waals surface area contributed by atoms with Gasteiger partial charge < -0.3 is 9.84 Å². The van der Waals surface area contributed by atoms with Crippen LogP contribution in [-0.2, 0) is 4.74 Å². The van der Waals surface area contributed by atoms with Gasteiger partial charge in [-0.1, -0.05) is 24.3 Å². The second kappa shape index (κ2) is 5.46. The average Bonchev–Trinajstić information content (AvgIpc) is 3.13. The van der Waals surface area contributed by atoms with E-state index in [2.05, 4.69) is 18.2 Å². The fraction of sp³-hybridized carbons (Fsp3) is 0.571. The normalized spacial score (nSPS) is 17.4. The second-order valence-electron chi connectivity index (χ2n) is 4.60. The number of aliphatic hydroxyl groups is 1. The summed E-state index contributed by atoms with van der Waals surface area (Å²) in [6, 6.07) is 8.41. The topological polar surface area (TPSA) is 29.5 Å². The number of hydrogen-bond donors (Lipinski definition) is 1. The number of rotatable bonds is 6. The lowest BCUT2D eigenvalue weighted by Gasteiger charge is -2.11. The van der Waals surface area contributed by atoms with E-state index in [4.69, 9.17) is 4.74 Å². The number of hydrogen-bond acceptors (Lipinski definition) is 2. The summed E-state index contributed by atoms with van der Waals surface area (Å²) in [7, 11) is 1.69. The average molecular weight is 220 g/mol. The molecule has 0 heterocycles.